The summed E-state index contributed by atoms with van der Waals surface area (Å²) in [5.74, 6) is 1.98. The number of nitrogens with one attached hydrogen (secondary N) is 1. The number of nitrogens with zero attached hydrogens (tertiary/aromatic N) is 3. The summed E-state index contributed by atoms with van der Waals surface area (Å²) in [5.41, 5.74) is 5.34. The number of fused-ring (bicyclic) bond motifs is 1. The summed E-state index contributed by atoms with van der Waals surface area (Å²) in [5, 5.41) is 19.8. The second kappa shape index (κ2) is 5.42. The van der Waals surface area contributed by atoms with Gasteiger partial charge in [0.25, 0.3) is 5.56 Å². The average molecular weight is 305 g/mol. The van der Waals surface area contributed by atoms with Gasteiger partial charge in [0, 0.05) is 12.3 Å². The van der Waals surface area contributed by atoms with Gasteiger partial charge in [0.15, 0.2) is 17.4 Å². The van der Waals surface area contributed by atoms with Crippen molar-refractivity contribution >= 4 is 17.1 Å². The van der Waals surface area contributed by atoms with Gasteiger partial charge < -0.3 is 20.7 Å². The number of terminal acetylenes is 1. The van der Waals surface area contributed by atoms with Crippen molar-refractivity contribution in [1.29, 1.82) is 0 Å². The van der Waals surface area contributed by atoms with Gasteiger partial charge in [0.05, 0.1) is 19.0 Å². The molecule has 2 aromatic heterocycles. The van der Waals surface area contributed by atoms with Gasteiger partial charge in [0.1, 0.15) is 6.10 Å². The molecule has 1 aliphatic rings. The Morgan fingerprint density at radius 1 is 1.59 bits per heavy atom. The number of hydrogen-bond acceptors (Lipinski definition) is 7. The lowest BCUT2D eigenvalue weighted by atomic mass is 9.95. The summed E-state index contributed by atoms with van der Waals surface area (Å²) in [7, 11) is 0. The Bertz CT molecular complexity index is 792. The Hall–Kier alpha value is -2.41. The highest BCUT2D eigenvalue weighted by molar-refractivity contribution is 5.70. The second-order valence-corrected chi connectivity index (χ2v) is 5.09. The normalized spacial score (nSPS) is 28.0. The highest BCUT2D eigenvalue weighted by atomic mass is 16.5. The zero-order valence-corrected chi connectivity index (χ0v) is 11.5. The Balaban J connectivity index is 2.05. The first-order valence-electron chi connectivity index (χ1n) is 6.67. The third kappa shape index (κ3) is 2.14. The summed E-state index contributed by atoms with van der Waals surface area (Å²) in [6, 6.07) is 0. The maximum Gasteiger partial charge on any atom is 0.280 e. The van der Waals surface area contributed by atoms with Crippen LogP contribution in [0, 0.1) is 18.3 Å². The van der Waals surface area contributed by atoms with E-state index in [2.05, 4.69) is 20.9 Å². The molecule has 0 aromatic carbocycles. The van der Waals surface area contributed by atoms with E-state index in [1.165, 1.54) is 10.9 Å². The molecule has 0 radical (unpaired) electrons. The van der Waals surface area contributed by atoms with Crippen molar-refractivity contribution in [2.75, 3.05) is 12.3 Å². The summed E-state index contributed by atoms with van der Waals surface area (Å²) in [4.78, 5) is 22.1. The molecule has 5 N–H and O–H groups in total. The maximum absolute atomic E-state index is 11.8. The van der Waals surface area contributed by atoms with E-state index >= 15 is 0 Å². The molecule has 0 saturated carbocycles. The topological polar surface area (TPSA) is 139 Å². The first kappa shape index (κ1) is 14.5. The number of H-pyrrole nitrogens is 1. The molecule has 9 nitrogen and oxygen atoms in total. The fourth-order valence-corrected chi connectivity index (χ4v) is 2.72. The van der Waals surface area contributed by atoms with Crippen LogP contribution in [0.25, 0.3) is 11.2 Å². The molecule has 0 unspecified atom stereocenters. The van der Waals surface area contributed by atoms with Crippen LogP contribution in [-0.2, 0) is 4.74 Å². The fourth-order valence-electron chi connectivity index (χ4n) is 2.72. The molecule has 22 heavy (non-hydrogen) atoms. The lowest BCUT2D eigenvalue weighted by Crippen LogP contribution is -2.27. The van der Waals surface area contributed by atoms with Crippen LogP contribution in [-0.4, -0.2) is 48.5 Å². The Morgan fingerprint density at radius 3 is 3.05 bits per heavy atom. The standard InChI is InChI=1S/C13H15N5O4/c1-2-3-6-7(4-19)22-12(9(6)20)18-5-15-8-10(18)16-13(14)17-11(8)21/h1,5-7,9,12,19-20H,3-4H2,(H3,14,16,17,21)/t6-,7-,9-,12-/m1/s1. The molecule has 1 aliphatic heterocycles. The molecule has 1 fully saturated rings. The number of rotatable bonds is 3. The first-order chi connectivity index (χ1) is 10.6. The quantitative estimate of drug-likeness (QED) is 0.511. The van der Waals surface area contributed by atoms with E-state index in [0.29, 0.717) is 0 Å². The van der Waals surface area contributed by atoms with E-state index in [-0.39, 0.29) is 30.1 Å². The first-order valence-corrected chi connectivity index (χ1v) is 6.67. The van der Waals surface area contributed by atoms with Crippen LogP contribution in [0.2, 0.25) is 0 Å². The van der Waals surface area contributed by atoms with Crippen LogP contribution in [0.1, 0.15) is 12.6 Å². The largest absolute Gasteiger partial charge is 0.394 e. The molecule has 4 atom stereocenters. The highest BCUT2D eigenvalue weighted by Gasteiger charge is 2.44. The van der Waals surface area contributed by atoms with E-state index in [1.54, 1.807) is 0 Å². The van der Waals surface area contributed by atoms with E-state index in [1.807, 2.05) is 0 Å². The van der Waals surface area contributed by atoms with Crippen molar-refractivity contribution in [2.45, 2.75) is 24.9 Å². The third-order valence-corrected chi connectivity index (χ3v) is 3.78. The molecular weight excluding hydrogens is 290 g/mol. The number of anilines is 1. The molecule has 2 aromatic rings. The van der Waals surface area contributed by atoms with Crippen molar-refractivity contribution in [3.05, 3.63) is 16.7 Å². The molecule has 0 amide bonds. The van der Waals surface area contributed by atoms with Gasteiger partial charge in [-0.25, -0.2) is 4.98 Å². The van der Waals surface area contributed by atoms with Gasteiger partial charge >= 0.3 is 0 Å². The number of nitrogens with two attached hydrogens (primary N) is 1. The van der Waals surface area contributed by atoms with E-state index in [4.69, 9.17) is 16.9 Å². The molecule has 0 aliphatic carbocycles. The smallest absolute Gasteiger partial charge is 0.280 e. The van der Waals surface area contributed by atoms with E-state index < -0.39 is 29.9 Å². The van der Waals surface area contributed by atoms with E-state index in [0.717, 1.165) is 0 Å². The number of aliphatic hydroxyl groups is 2. The lowest BCUT2D eigenvalue weighted by molar-refractivity contribution is -0.0492. The van der Waals surface area contributed by atoms with Gasteiger partial charge in [-0.15, -0.1) is 12.3 Å². The molecule has 0 bridgehead atoms. The number of aromatic amines is 1. The van der Waals surface area contributed by atoms with Crippen LogP contribution in [0.3, 0.4) is 0 Å². The van der Waals surface area contributed by atoms with Gasteiger partial charge in [-0.05, 0) is 0 Å². The third-order valence-electron chi connectivity index (χ3n) is 3.78. The number of hydrogen-bond donors (Lipinski definition) is 4. The zero-order chi connectivity index (χ0) is 15.9. The lowest BCUT2D eigenvalue weighted by Gasteiger charge is -2.17. The molecule has 3 heterocycles. The summed E-state index contributed by atoms with van der Waals surface area (Å²) >= 11 is 0. The van der Waals surface area contributed by atoms with Crippen molar-refractivity contribution in [2.24, 2.45) is 5.92 Å². The molecule has 116 valence electrons. The Labute approximate surface area is 124 Å². The minimum absolute atomic E-state index is 0.0642. The molecule has 1 saturated heterocycles. The SMILES string of the molecule is C#CC[C@H]1[C@@H](O)[C@H](n2cnc3c(=O)[nH]c(N)nc32)O[C@@H]1CO. The minimum atomic E-state index is -0.965. The number of ether oxygens (including phenoxy) is 1. The molecule has 9 heteroatoms. The second-order valence-electron chi connectivity index (χ2n) is 5.09. The Kier molecular flexibility index (Phi) is 3.58. The highest BCUT2D eigenvalue weighted by Crippen LogP contribution is 2.36. The fraction of sp³-hybridized carbons (Fsp3) is 0.462. The number of aliphatic hydroxyl groups excluding tert-OH is 2. The number of imidazole rings is 1. The van der Waals surface area contributed by atoms with Gasteiger partial charge in [-0.3, -0.25) is 14.3 Å². The summed E-state index contributed by atoms with van der Waals surface area (Å²) < 4.78 is 7.08. The van der Waals surface area contributed by atoms with Crippen LogP contribution < -0.4 is 11.3 Å². The molecular formula is C13H15N5O4. The number of nitrogen functional groups attached to an aromatic ring is 1. The van der Waals surface area contributed by atoms with Gasteiger partial charge in [-0.1, -0.05) is 0 Å². The molecule has 3 rings (SSSR count). The molecule has 0 spiro atoms. The minimum Gasteiger partial charge on any atom is -0.394 e. The summed E-state index contributed by atoms with van der Waals surface area (Å²) in [6.07, 6.45) is 4.46. The van der Waals surface area contributed by atoms with Crippen molar-refractivity contribution < 1.29 is 14.9 Å². The van der Waals surface area contributed by atoms with Crippen LogP contribution in [0.15, 0.2) is 11.1 Å². The van der Waals surface area contributed by atoms with E-state index in [9.17, 15) is 15.0 Å². The van der Waals surface area contributed by atoms with Crippen molar-refractivity contribution in [3.63, 3.8) is 0 Å². The van der Waals surface area contributed by atoms with Crippen molar-refractivity contribution in [3.8, 4) is 12.3 Å². The van der Waals surface area contributed by atoms with Crippen LogP contribution in [0.5, 0.6) is 0 Å². The predicted octanol–water partition coefficient (Wildman–Crippen LogP) is -1.41. The van der Waals surface area contributed by atoms with Gasteiger partial charge in [0.2, 0.25) is 5.95 Å². The van der Waals surface area contributed by atoms with Gasteiger partial charge in [-0.2, -0.15) is 4.98 Å². The monoisotopic (exact) mass is 305 g/mol. The predicted molar refractivity (Wildman–Crippen MR) is 76.5 cm³/mol. The van der Waals surface area contributed by atoms with Crippen LogP contribution >= 0.6 is 0 Å². The zero-order valence-electron chi connectivity index (χ0n) is 11.5. The Morgan fingerprint density at radius 2 is 2.36 bits per heavy atom. The number of aromatic nitrogens is 4. The average Bonchev–Trinajstić information content (AvgIpc) is 3.02. The summed E-state index contributed by atoms with van der Waals surface area (Å²) in [6.45, 7) is -0.275. The maximum atomic E-state index is 11.8. The van der Waals surface area contributed by atoms with Crippen molar-refractivity contribution in [1.82, 2.24) is 19.5 Å². The van der Waals surface area contributed by atoms with Crippen LogP contribution in [0.4, 0.5) is 5.95 Å².